The number of amides is 1. The minimum Gasteiger partial charge on any atom is -0.356 e. The molecule has 0 bridgehead atoms. The third-order valence-corrected chi connectivity index (χ3v) is 6.06. The van der Waals surface area contributed by atoms with Gasteiger partial charge in [0.2, 0.25) is 5.91 Å². The van der Waals surface area contributed by atoms with Crippen LogP contribution in [0.5, 0.6) is 0 Å². The number of benzene rings is 1. The van der Waals surface area contributed by atoms with Gasteiger partial charge in [-0.25, -0.2) is 0 Å². The molecule has 0 radical (unpaired) electrons. The first kappa shape index (κ1) is 21.3. The molecule has 0 spiro atoms. The third-order valence-electron chi connectivity index (χ3n) is 6.06. The van der Waals surface area contributed by atoms with Crippen LogP contribution >= 0.6 is 0 Å². The summed E-state index contributed by atoms with van der Waals surface area (Å²) in [5.41, 5.74) is 2.14. The molecular weight excluding hydrogens is 390 g/mol. The van der Waals surface area contributed by atoms with Crippen molar-refractivity contribution in [2.45, 2.75) is 64.5 Å². The van der Waals surface area contributed by atoms with Crippen LogP contribution in [-0.4, -0.2) is 46.8 Å². The number of carbonyl (C=O) groups excluding carboxylic acids is 1. The molecule has 0 unspecified atom stereocenters. The number of aliphatic imine (C=N–C) groups is 1. The lowest BCUT2D eigenvalue weighted by Crippen LogP contribution is -2.37. The van der Waals surface area contributed by atoms with Gasteiger partial charge in [0.1, 0.15) is 11.6 Å². The molecule has 8 nitrogen and oxygen atoms in total. The fourth-order valence-electron chi connectivity index (χ4n) is 4.30. The predicted octanol–water partition coefficient (Wildman–Crippen LogP) is 2.43. The molecule has 3 heterocycles. The second-order valence-electron chi connectivity index (χ2n) is 8.27. The Kier molecular flexibility index (Phi) is 7.17. The van der Waals surface area contributed by atoms with Gasteiger partial charge in [0.15, 0.2) is 5.96 Å². The van der Waals surface area contributed by atoms with Gasteiger partial charge in [0.05, 0.1) is 0 Å². The molecule has 8 heteroatoms. The summed E-state index contributed by atoms with van der Waals surface area (Å²) < 4.78 is 2.32. The highest BCUT2D eigenvalue weighted by atomic mass is 16.2. The average Bonchev–Trinajstić information content (AvgIpc) is 3.31. The lowest BCUT2D eigenvalue weighted by atomic mass is 10.2. The Morgan fingerprint density at radius 3 is 2.68 bits per heavy atom. The van der Waals surface area contributed by atoms with Gasteiger partial charge < -0.3 is 20.1 Å². The van der Waals surface area contributed by atoms with Crippen LogP contribution < -0.4 is 15.5 Å². The van der Waals surface area contributed by atoms with E-state index < -0.39 is 0 Å². The maximum atomic E-state index is 11.9. The lowest BCUT2D eigenvalue weighted by Gasteiger charge is -2.16. The summed E-state index contributed by atoms with van der Waals surface area (Å²) in [6, 6.07) is 8.19. The minimum atomic E-state index is 0.220. The number of hydrogen-bond donors (Lipinski definition) is 2. The normalized spacial score (nSPS) is 16.9. The van der Waals surface area contributed by atoms with Gasteiger partial charge in [-0.05, 0) is 43.4 Å². The van der Waals surface area contributed by atoms with Gasteiger partial charge in [-0.15, -0.1) is 10.2 Å². The monoisotopic (exact) mass is 423 g/mol. The topological polar surface area (TPSA) is 87.4 Å². The van der Waals surface area contributed by atoms with Crippen molar-refractivity contribution >= 4 is 17.6 Å². The SMILES string of the molecule is CN=C(NCCCc1nnc2n1CCCCC2)NCc1ccc(N2CCCC2=O)cc1. The van der Waals surface area contributed by atoms with E-state index in [0.717, 1.165) is 74.2 Å². The van der Waals surface area contributed by atoms with Crippen LogP contribution in [0.25, 0.3) is 0 Å². The first-order valence-electron chi connectivity index (χ1n) is 11.5. The standard InChI is InChI=1S/C23H33N7O/c1-24-23(25-14-5-8-21-28-27-20-7-3-2-4-15-30(20)21)26-17-18-10-12-19(13-11-18)29-16-6-9-22(29)31/h10-13H,2-9,14-17H2,1H3,(H2,24,25,26). The molecule has 0 saturated carbocycles. The molecule has 2 aliphatic heterocycles. The predicted molar refractivity (Wildman–Crippen MR) is 122 cm³/mol. The van der Waals surface area contributed by atoms with Crippen molar-refractivity contribution < 1.29 is 4.79 Å². The van der Waals surface area contributed by atoms with Crippen molar-refractivity contribution in [3.8, 4) is 0 Å². The number of anilines is 1. The summed E-state index contributed by atoms with van der Waals surface area (Å²) >= 11 is 0. The maximum absolute atomic E-state index is 11.9. The Bertz CT molecular complexity index is 903. The summed E-state index contributed by atoms with van der Waals surface area (Å²) in [5.74, 6) is 3.27. The Morgan fingerprint density at radius 1 is 1.03 bits per heavy atom. The number of carbonyl (C=O) groups is 1. The van der Waals surface area contributed by atoms with E-state index in [4.69, 9.17) is 0 Å². The van der Waals surface area contributed by atoms with E-state index in [2.05, 4.69) is 42.5 Å². The van der Waals surface area contributed by atoms with Crippen LogP contribution in [-0.2, 0) is 30.7 Å². The number of guanidine groups is 1. The molecule has 0 aliphatic carbocycles. The van der Waals surface area contributed by atoms with Crippen molar-refractivity contribution in [3.05, 3.63) is 41.5 Å². The highest BCUT2D eigenvalue weighted by molar-refractivity contribution is 5.95. The van der Waals surface area contributed by atoms with E-state index in [1.54, 1.807) is 7.05 Å². The van der Waals surface area contributed by atoms with Crippen molar-refractivity contribution in [2.75, 3.05) is 25.0 Å². The highest BCUT2D eigenvalue weighted by Gasteiger charge is 2.21. The zero-order valence-electron chi connectivity index (χ0n) is 18.4. The van der Waals surface area contributed by atoms with E-state index >= 15 is 0 Å². The van der Waals surface area contributed by atoms with E-state index in [0.29, 0.717) is 13.0 Å². The fourth-order valence-corrected chi connectivity index (χ4v) is 4.30. The molecule has 1 amide bonds. The molecule has 2 N–H and O–H groups in total. The quantitative estimate of drug-likeness (QED) is 0.406. The summed E-state index contributed by atoms with van der Waals surface area (Å²) in [7, 11) is 1.79. The van der Waals surface area contributed by atoms with Crippen molar-refractivity contribution in [2.24, 2.45) is 4.99 Å². The molecule has 4 rings (SSSR count). The number of aromatic nitrogens is 3. The Hall–Kier alpha value is -2.90. The lowest BCUT2D eigenvalue weighted by molar-refractivity contribution is -0.117. The molecule has 166 valence electrons. The molecule has 31 heavy (non-hydrogen) atoms. The van der Waals surface area contributed by atoms with Crippen molar-refractivity contribution in [1.82, 2.24) is 25.4 Å². The number of rotatable bonds is 7. The second kappa shape index (κ2) is 10.4. The zero-order valence-corrected chi connectivity index (χ0v) is 18.4. The molecule has 2 aromatic rings. The fraction of sp³-hybridized carbons (Fsp3) is 0.565. The summed E-state index contributed by atoms with van der Waals surface area (Å²) in [6.45, 7) is 3.40. The van der Waals surface area contributed by atoms with E-state index in [1.165, 1.54) is 19.3 Å². The van der Waals surface area contributed by atoms with Crippen molar-refractivity contribution in [1.29, 1.82) is 0 Å². The van der Waals surface area contributed by atoms with Gasteiger partial charge in [0.25, 0.3) is 0 Å². The summed E-state index contributed by atoms with van der Waals surface area (Å²) in [5, 5.41) is 15.5. The van der Waals surface area contributed by atoms with Gasteiger partial charge in [0, 0.05) is 58.2 Å². The van der Waals surface area contributed by atoms with Crippen LogP contribution in [0, 0.1) is 0 Å². The van der Waals surface area contributed by atoms with Crippen LogP contribution in [0.15, 0.2) is 29.3 Å². The number of nitrogens with one attached hydrogen (secondary N) is 2. The van der Waals surface area contributed by atoms with Crippen LogP contribution in [0.3, 0.4) is 0 Å². The number of aryl methyl sites for hydroxylation is 2. The van der Waals surface area contributed by atoms with Gasteiger partial charge in [-0.2, -0.15) is 0 Å². The molecule has 2 aliphatic rings. The second-order valence-corrected chi connectivity index (χ2v) is 8.27. The first-order chi connectivity index (χ1) is 15.2. The van der Waals surface area contributed by atoms with E-state index in [1.807, 2.05) is 17.0 Å². The number of hydrogen-bond acceptors (Lipinski definition) is 4. The maximum Gasteiger partial charge on any atom is 0.227 e. The smallest absolute Gasteiger partial charge is 0.227 e. The van der Waals surface area contributed by atoms with Crippen LogP contribution in [0.4, 0.5) is 5.69 Å². The molecule has 1 aromatic heterocycles. The van der Waals surface area contributed by atoms with E-state index in [9.17, 15) is 4.79 Å². The first-order valence-corrected chi connectivity index (χ1v) is 11.5. The third kappa shape index (κ3) is 5.42. The zero-order chi connectivity index (χ0) is 21.5. The van der Waals surface area contributed by atoms with Gasteiger partial charge >= 0.3 is 0 Å². The van der Waals surface area contributed by atoms with Crippen LogP contribution in [0.2, 0.25) is 0 Å². The van der Waals surface area contributed by atoms with Gasteiger partial charge in [-0.3, -0.25) is 9.79 Å². The molecular formula is C23H33N7O. The Labute approximate surface area is 184 Å². The largest absolute Gasteiger partial charge is 0.356 e. The van der Waals surface area contributed by atoms with Crippen molar-refractivity contribution in [3.63, 3.8) is 0 Å². The average molecular weight is 424 g/mol. The minimum absolute atomic E-state index is 0.220. The van der Waals surface area contributed by atoms with Gasteiger partial charge in [-0.1, -0.05) is 18.6 Å². The van der Waals surface area contributed by atoms with E-state index in [-0.39, 0.29) is 5.91 Å². The summed E-state index contributed by atoms with van der Waals surface area (Å²) in [4.78, 5) is 18.1. The Balaban J connectivity index is 1.20. The highest BCUT2D eigenvalue weighted by Crippen LogP contribution is 2.21. The Morgan fingerprint density at radius 2 is 1.90 bits per heavy atom. The molecule has 0 atom stereocenters. The molecule has 1 fully saturated rings. The number of fused-ring (bicyclic) bond motifs is 1. The number of nitrogens with zero attached hydrogens (tertiary/aromatic N) is 5. The van der Waals surface area contributed by atoms with Crippen LogP contribution in [0.1, 0.15) is 55.7 Å². The molecule has 1 saturated heterocycles. The summed E-state index contributed by atoms with van der Waals surface area (Å²) in [6.07, 6.45) is 8.30. The molecule has 1 aromatic carbocycles.